The van der Waals surface area contributed by atoms with Crippen molar-refractivity contribution in [2.24, 2.45) is 0 Å². The monoisotopic (exact) mass is 280 g/mol. The molecule has 2 aromatic heterocycles. The molecule has 18 heavy (non-hydrogen) atoms. The number of hydrogen-bond acceptors (Lipinski definition) is 5. The molecule has 0 atom stereocenters. The summed E-state index contributed by atoms with van der Waals surface area (Å²) in [7, 11) is 0. The average Bonchev–Trinajstić information content (AvgIpc) is 2.91. The van der Waals surface area contributed by atoms with E-state index in [0.717, 1.165) is 15.6 Å². The maximum absolute atomic E-state index is 12.1. The van der Waals surface area contributed by atoms with E-state index in [1.54, 1.807) is 11.3 Å². The van der Waals surface area contributed by atoms with E-state index in [2.05, 4.69) is 10.3 Å². The Morgan fingerprint density at radius 1 is 1.56 bits per heavy atom. The van der Waals surface area contributed by atoms with Gasteiger partial charge >= 0.3 is 0 Å². The van der Waals surface area contributed by atoms with Crippen LogP contribution in [0, 0.1) is 6.92 Å². The highest BCUT2D eigenvalue weighted by atomic mass is 32.1. The van der Waals surface area contributed by atoms with Gasteiger partial charge in [-0.2, -0.15) is 0 Å². The third-order valence-corrected chi connectivity index (χ3v) is 4.90. The van der Waals surface area contributed by atoms with Crippen molar-refractivity contribution in [1.29, 1.82) is 0 Å². The molecule has 1 saturated heterocycles. The first kappa shape index (κ1) is 11.8. The Labute approximate surface area is 113 Å². The second-order valence-electron chi connectivity index (χ2n) is 4.12. The van der Waals surface area contributed by atoms with Crippen molar-refractivity contribution < 1.29 is 9.53 Å². The van der Waals surface area contributed by atoms with E-state index in [1.165, 1.54) is 11.3 Å². The number of hydrogen-bond donors (Lipinski definition) is 1. The molecular formula is C12H12N2O2S2. The number of carbonyl (C=O) groups is 1. The molecule has 1 amide bonds. The van der Waals surface area contributed by atoms with Gasteiger partial charge in [0.25, 0.3) is 5.91 Å². The molecule has 1 fully saturated rings. The Morgan fingerprint density at radius 3 is 3.00 bits per heavy atom. The smallest absolute Gasteiger partial charge is 0.263 e. The number of ether oxygens (including phenoxy) is 1. The van der Waals surface area contributed by atoms with Crippen LogP contribution >= 0.6 is 22.7 Å². The fourth-order valence-electron chi connectivity index (χ4n) is 1.68. The van der Waals surface area contributed by atoms with Crippen LogP contribution in [0.15, 0.2) is 17.5 Å². The van der Waals surface area contributed by atoms with Gasteiger partial charge in [-0.15, -0.1) is 22.7 Å². The summed E-state index contributed by atoms with van der Waals surface area (Å²) in [4.78, 5) is 18.3. The van der Waals surface area contributed by atoms with Crippen molar-refractivity contribution in [2.75, 3.05) is 13.2 Å². The molecule has 3 heterocycles. The van der Waals surface area contributed by atoms with E-state index in [1.807, 2.05) is 24.4 Å². The number of amides is 1. The molecule has 0 spiro atoms. The molecule has 6 heteroatoms. The normalized spacial score (nSPS) is 15.4. The van der Waals surface area contributed by atoms with E-state index < -0.39 is 0 Å². The van der Waals surface area contributed by atoms with Crippen molar-refractivity contribution in [3.63, 3.8) is 0 Å². The molecule has 0 saturated carbocycles. The first-order valence-corrected chi connectivity index (χ1v) is 7.33. The van der Waals surface area contributed by atoms with Crippen molar-refractivity contribution in [3.05, 3.63) is 28.1 Å². The number of nitrogens with zero attached hydrogens (tertiary/aromatic N) is 1. The highest BCUT2D eigenvalue weighted by Crippen LogP contribution is 2.31. The molecule has 3 rings (SSSR count). The average molecular weight is 280 g/mol. The van der Waals surface area contributed by atoms with Crippen molar-refractivity contribution in [2.45, 2.75) is 13.0 Å². The van der Waals surface area contributed by atoms with Gasteiger partial charge in [-0.25, -0.2) is 4.98 Å². The van der Waals surface area contributed by atoms with Crippen LogP contribution in [-0.4, -0.2) is 30.1 Å². The summed E-state index contributed by atoms with van der Waals surface area (Å²) < 4.78 is 5.04. The van der Waals surface area contributed by atoms with Gasteiger partial charge in [0.05, 0.1) is 29.8 Å². The number of aryl methyl sites for hydroxylation is 1. The third kappa shape index (κ3) is 2.19. The Balaban J connectivity index is 1.81. The number of thiophene rings is 1. The van der Waals surface area contributed by atoms with Gasteiger partial charge in [-0.3, -0.25) is 4.79 Å². The minimum atomic E-state index is -0.0406. The summed E-state index contributed by atoms with van der Waals surface area (Å²) in [5, 5.41) is 5.87. The fourth-order valence-corrected chi connectivity index (χ4v) is 3.45. The van der Waals surface area contributed by atoms with Gasteiger partial charge in [0.1, 0.15) is 9.88 Å². The standard InChI is InChI=1S/C12H12N2O2S2/c1-7-10(11(15)14-8-5-16-6-8)18-12(13-7)9-3-2-4-17-9/h2-4,8H,5-6H2,1H3,(H,14,15). The summed E-state index contributed by atoms with van der Waals surface area (Å²) in [6, 6.07) is 4.16. The molecular weight excluding hydrogens is 268 g/mol. The molecule has 2 aromatic rings. The predicted octanol–water partition coefficient (Wildman–Crippen LogP) is 2.31. The largest absolute Gasteiger partial charge is 0.377 e. The zero-order valence-corrected chi connectivity index (χ0v) is 11.4. The summed E-state index contributed by atoms with van der Waals surface area (Å²) in [6.45, 7) is 3.10. The Hall–Kier alpha value is -1.24. The lowest BCUT2D eigenvalue weighted by atomic mass is 10.2. The van der Waals surface area contributed by atoms with Crippen LogP contribution in [0.25, 0.3) is 9.88 Å². The van der Waals surface area contributed by atoms with Gasteiger partial charge in [0.15, 0.2) is 0 Å². The lowest BCUT2D eigenvalue weighted by Crippen LogP contribution is -2.48. The lowest BCUT2D eigenvalue weighted by Gasteiger charge is -2.26. The number of thiazole rings is 1. The third-order valence-electron chi connectivity index (χ3n) is 2.71. The molecule has 4 nitrogen and oxygen atoms in total. The second kappa shape index (κ2) is 4.79. The van der Waals surface area contributed by atoms with Gasteiger partial charge < -0.3 is 10.1 Å². The second-order valence-corrected chi connectivity index (χ2v) is 6.07. The van der Waals surface area contributed by atoms with Crippen molar-refractivity contribution >= 4 is 28.6 Å². The number of carbonyl (C=O) groups excluding carboxylic acids is 1. The highest BCUT2D eigenvalue weighted by molar-refractivity contribution is 7.22. The molecule has 1 aliphatic rings. The number of nitrogens with one attached hydrogen (secondary N) is 1. The molecule has 94 valence electrons. The van der Waals surface area contributed by atoms with Gasteiger partial charge in [0, 0.05) is 0 Å². The van der Waals surface area contributed by atoms with Crippen LogP contribution in [0.1, 0.15) is 15.4 Å². The molecule has 1 N–H and O–H groups in total. The molecule has 0 bridgehead atoms. The maximum atomic E-state index is 12.1. The maximum Gasteiger partial charge on any atom is 0.263 e. The first-order chi connectivity index (χ1) is 8.74. The number of rotatable bonds is 3. The summed E-state index contributed by atoms with van der Waals surface area (Å²) in [5.41, 5.74) is 0.793. The Bertz CT molecular complexity index is 559. The van der Waals surface area contributed by atoms with E-state index in [9.17, 15) is 4.79 Å². The SMILES string of the molecule is Cc1nc(-c2cccs2)sc1C(=O)NC1COC1. The van der Waals surface area contributed by atoms with Gasteiger partial charge in [0.2, 0.25) is 0 Å². The molecule has 0 aromatic carbocycles. The molecule has 0 aliphatic carbocycles. The quantitative estimate of drug-likeness (QED) is 0.938. The lowest BCUT2D eigenvalue weighted by molar-refractivity contribution is -0.00340. The van der Waals surface area contributed by atoms with Crippen LogP contribution in [0.2, 0.25) is 0 Å². The summed E-state index contributed by atoms with van der Waals surface area (Å²) in [5.74, 6) is -0.0406. The zero-order chi connectivity index (χ0) is 12.5. The minimum absolute atomic E-state index is 0.0406. The van der Waals surface area contributed by atoms with Crippen LogP contribution < -0.4 is 5.32 Å². The number of aromatic nitrogens is 1. The van der Waals surface area contributed by atoms with Crippen LogP contribution in [-0.2, 0) is 4.74 Å². The Kier molecular flexibility index (Phi) is 3.15. The topological polar surface area (TPSA) is 51.2 Å². The van der Waals surface area contributed by atoms with Gasteiger partial charge in [-0.05, 0) is 18.4 Å². The first-order valence-electron chi connectivity index (χ1n) is 5.64. The molecule has 0 radical (unpaired) electrons. The van der Waals surface area contributed by atoms with Gasteiger partial charge in [-0.1, -0.05) is 6.07 Å². The van der Waals surface area contributed by atoms with Crippen LogP contribution in [0.4, 0.5) is 0 Å². The fraction of sp³-hybridized carbons (Fsp3) is 0.333. The minimum Gasteiger partial charge on any atom is -0.377 e. The molecule has 1 aliphatic heterocycles. The zero-order valence-electron chi connectivity index (χ0n) is 9.80. The highest BCUT2D eigenvalue weighted by Gasteiger charge is 2.23. The Morgan fingerprint density at radius 2 is 2.39 bits per heavy atom. The van der Waals surface area contributed by atoms with E-state index in [4.69, 9.17) is 4.74 Å². The summed E-state index contributed by atoms with van der Waals surface area (Å²) >= 11 is 3.08. The molecule has 0 unspecified atom stereocenters. The van der Waals surface area contributed by atoms with Crippen LogP contribution in [0.5, 0.6) is 0 Å². The van der Waals surface area contributed by atoms with Crippen molar-refractivity contribution in [1.82, 2.24) is 10.3 Å². The van der Waals surface area contributed by atoms with E-state index in [-0.39, 0.29) is 11.9 Å². The van der Waals surface area contributed by atoms with E-state index >= 15 is 0 Å². The summed E-state index contributed by atoms with van der Waals surface area (Å²) in [6.07, 6.45) is 0. The van der Waals surface area contributed by atoms with Crippen LogP contribution in [0.3, 0.4) is 0 Å². The predicted molar refractivity (Wildman–Crippen MR) is 72.2 cm³/mol. The van der Waals surface area contributed by atoms with Crippen molar-refractivity contribution in [3.8, 4) is 9.88 Å². The van der Waals surface area contributed by atoms with E-state index in [0.29, 0.717) is 18.1 Å².